The fraction of sp³-hybridized carbons (Fsp3) is 0.304. The highest BCUT2D eigenvalue weighted by Crippen LogP contribution is 2.33. The van der Waals surface area contributed by atoms with Gasteiger partial charge in [-0.3, -0.25) is 0 Å². The van der Waals surface area contributed by atoms with Gasteiger partial charge in [-0.15, -0.1) is 0 Å². The van der Waals surface area contributed by atoms with E-state index in [2.05, 4.69) is 53.2 Å². The first-order valence-electron chi connectivity index (χ1n) is 10.9. The zero-order chi connectivity index (χ0) is 25.0. The Morgan fingerprint density at radius 1 is 1.14 bits per heavy atom. The minimum atomic E-state index is -3.66. The molecule has 0 spiro atoms. The van der Waals surface area contributed by atoms with E-state index in [0.717, 1.165) is 25.3 Å². The zero-order valence-corrected chi connectivity index (χ0v) is 22.0. The maximum absolute atomic E-state index is 12.4. The standard InChI is InChI=1S/C23H27BrN6O4S/c1-25-35(31,32)21-7-5-4-6-19(21)27-22-17(24)13-26-23(29-22)28-18-9-8-15(12-20(18)33-3)34-16-10-11-30(2)14-16/h4-9,12-13,16,25H,10-11,14H2,1-3H3,(H2,26,27,28,29)/t16-/m0/s1. The van der Waals surface area contributed by atoms with Gasteiger partial charge in [0.05, 0.1) is 23.0 Å². The molecule has 4 rings (SSSR count). The number of ether oxygens (including phenoxy) is 2. The van der Waals surface area contributed by atoms with Crippen molar-refractivity contribution in [3.05, 3.63) is 53.1 Å². The first kappa shape index (κ1) is 25.2. The van der Waals surface area contributed by atoms with Crippen LogP contribution >= 0.6 is 15.9 Å². The van der Waals surface area contributed by atoms with E-state index < -0.39 is 10.0 Å². The zero-order valence-electron chi connectivity index (χ0n) is 19.6. The molecule has 3 aromatic rings. The van der Waals surface area contributed by atoms with Gasteiger partial charge in [-0.05, 0) is 60.7 Å². The Hall–Kier alpha value is -2.93. The molecular weight excluding hydrogens is 536 g/mol. The maximum Gasteiger partial charge on any atom is 0.242 e. The van der Waals surface area contributed by atoms with E-state index >= 15 is 0 Å². The average molecular weight is 563 g/mol. The van der Waals surface area contributed by atoms with Crippen LogP contribution in [0.25, 0.3) is 0 Å². The van der Waals surface area contributed by atoms with Crippen LogP contribution in [0.5, 0.6) is 11.5 Å². The van der Waals surface area contributed by atoms with Gasteiger partial charge in [0, 0.05) is 25.4 Å². The van der Waals surface area contributed by atoms with Crippen molar-refractivity contribution in [3.8, 4) is 11.5 Å². The maximum atomic E-state index is 12.4. The van der Waals surface area contributed by atoms with Crippen molar-refractivity contribution in [3.63, 3.8) is 0 Å². The van der Waals surface area contributed by atoms with Crippen molar-refractivity contribution in [2.24, 2.45) is 0 Å². The topological polar surface area (TPSA) is 118 Å². The molecule has 1 aromatic heterocycles. The Labute approximate surface area is 213 Å². The number of halogens is 1. The number of methoxy groups -OCH3 is 1. The monoisotopic (exact) mass is 562 g/mol. The number of hydrogen-bond acceptors (Lipinski definition) is 9. The second kappa shape index (κ2) is 10.8. The molecule has 186 valence electrons. The number of rotatable bonds is 9. The third-order valence-corrected chi connectivity index (χ3v) is 7.57. The third-order valence-electron chi connectivity index (χ3n) is 5.51. The number of nitrogens with one attached hydrogen (secondary N) is 3. The molecule has 0 unspecified atom stereocenters. The first-order chi connectivity index (χ1) is 16.8. The predicted molar refractivity (Wildman–Crippen MR) is 139 cm³/mol. The molecule has 0 saturated carbocycles. The molecule has 1 aliphatic heterocycles. The van der Waals surface area contributed by atoms with E-state index in [-0.39, 0.29) is 11.0 Å². The van der Waals surface area contributed by atoms with E-state index in [9.17, 15) is 8.42 Å². The third kappa shape index (κ3) is 6.01. The minimum Gasteiger partial charge on any atom is -0.494 e. The van der Waals surface area contributed by atoms with Gasteiger partial charge < -0.3 is 25.0 Å². The SMILES string of the molecule is CNS(=O)(=O)c1ccccc1Nc1nc(Nc2ccc(O[C@H]3CCN(C)C3)cc2OC)ncc1Br. The molecular formula is C23H27BrN6O4S. The number of aromatic nitrogens is 2. The fourth-order valence-electron chi connectivity index (χ4n) is 3.71. The Morgan fingerprint density at radius 3 is 2.66 bits per heavy atom. The summed E-state index contributed by atoms with van der Waals surface area (Å²) < 4.78 is 39.3. The summed E-state index contributed by atoms with van der Waals surface area (Å²) in [6, 6.07) is 12.1. The van der Waals surface area contributed by atoms with Crippen LogP contribution in [0.15, 0.2) is 58.0 Å². The van der Waals surface area contributed by atoms with Gasteiger partial charge in [-0.25, -0.2) is 18.1 Å². The molecule has 2 heterocycles. The Morgan fingerprint density at radius 2 is 1.94 bits per heavy atom. The minimum absolute atomic E-state index is 0.105. The number of nitrogens with zero attached hydrogens (tertiary/aromatic N) is 3. The number of anilines is 4. The summed E-state index contributed by atoms with van der Waals surface area (Å²) in [6.45, 7) is 1.91. The molecule has 1 aliphatic rings. The van der Waals surface area contributed by atoms with Gasteiger partial charge in [0.15, 0.2) is 0 Å². The molecule has 1 fully saturated rings. The largest absolute Gasteiger partial charge is 0.494 e. The van der Waals surface area contributed by atoms with E-state index in [4.69, 9.17) is 9.47 Å². The average Bonchev–Trinajstić information content (AvgIpc) is 3.26. The highest BCUT2D eigenvalue weighted by molar-refractivity contribution is 9.10. The lowest BCUT2D eigenvalue weighted by molar-refractivity contribution is 0.207. The highest BCUT2D eigenvalue weighted by atomic mass is 79.9. The predicted octanol–water partition coefficient (Wildman–Crippen LogP) is 3.73. The number of likely N-dealkylation sites (tertiary alicyclic amines) is 1. The van der Waals surface area contributed by atoms with Gasteiger partial charge >= 0.3 is 0 Å². The van der Waals surface area contributed by atoms with Crippen molar-refractivity contribution in [1.29, 1.82) is 0 Å². The van der Waals surface area contributed by atoms with Gasteiger partial charge in [0.25, 0.3) is 0 Å². The Kier molecular flexibility index (Phi) is 7.75. The van der Waals surface area contributed by atoms with Gasteiger partial charge in [0.1, 0.15) is 28.3 Å². The summed E-state index contributed by atoms with van der Waals surface area (Å²) in [5.41, 5.74) is 1.04. The molecule has 0 radical (unpaired) electrons. The number of sulfonamides is 1. The lowest BCUT2D eigenvalue weighted by Crippen LogP contribution is -2.21. The lowest BCUT2D eigenvalue weighted by Gasteiger charge is -2.17. The lowest BCUT2D eigenvalue weighted by atomic mass is 10.2. The van der Waals surface area contributed by atoms with Crippen molar-refractivity contribution in [1.82, 2.24) is 19.6 Å². The van der Waals surface area contributed by atoms with Gasteiger partial charge in [-0.2, -0.15) is 4.98 Å². The smallest absolute Gasteiger partial charge is 0.242 e. The highest BCUT2D eigenvalue weighted by Gasteiger charge is 2.22. The molecule has 1 atom stereocenters. The van der Waals surface area contributed by atoms with Crippen LogP contribution in [0.2, 0.25) is 0 Å². The fourth-order valence-corrected chi connectivity index (χ4v) is 4.88. The number of likely N-dealkylation sites (N-methyl/N-ethyl adjacent to an activating group) is 1. The Bertz CT molecular complexity index is 1310. The van der Waals surface area contributed by atoms with Crippen molar-refractivity contribution < 1.29 is 17.9 Å². The quantitative estimate of drug-likeness (QED) is 0.358. The van der Waals surface area contributed by atoms with Crippen LogP contribution in [0, 0.1) is 0 Å². The number of hydrogen-bond donors (Lipinski definition) is 3. The molecule has 1 saturated heterocycles. The van der Waals surface area contributed by atoms with Crippen LogP contribution < -0.4 is 24.8 Å². The molecule has 0 aliphatic carbocycles. The summed E-state index contributed by atoms with van der Waals surface area (Å²) in [5, 5.41) is 6.24. The Balaban J connectivity index is 1.55. The number of benzene rings is 2. The van der Waals surface area contributed by atoms with Crippen LogP contribution in [0.3, 0.4) is 0 Å². The van der Waals surface area contributed by atoms with Crippen LogP contribution in [-0.4, -0.2) is 63.7 Å². The molecule has 3 N–H and O–H groups in total. The molecule has 12 heteroatoms. The molecule has 10 nitrogen and oxygen atoms in total. The van der Waals surface area contributed by atoms with E-state index in [1.165, 1.54) is 13.1 Å². The van der Waals surface area contributed by atoms with E-state index in [0.29, 0.717) is 33.4 Å². The van der Waals surface area contributed by atoms with Gasteiger partial charge in [0.2, 0.25) is 16.0 Å². The van der Waals surface area contributed by atoms with Crippen LogP contribution in [0.4, 0.5) is 23.1 Å². The van der Waals surface area contributed by atoms with E-state index in [1.54, 1.807) is 31.5 Å². The molecule has 0 amide bonds. The summed E-state index contributed by atoms with van der Waals surface area (Å²) in [7, 11) is 1.37. The van der Waals surface area contributed by atoms with E-state index in [1.807, 2.05) is 18.2 Å². The summed E-state index contributed by atoms with van der Waals surface area (Å²) in [5.74, 6) is 2.01. The second-order valence-corrected chi connectivity index (χ2v) is 10.7. The second-order valence-electron chi connectivity index (χ2n) is 8.00. The van der Waals surface area contributed by atoms with Gasteiger partial charge in [-0.1, -0.05) is 12.1 Å². The van der Waals surface area contributed by atoms with Crippen LogP contribution in [-0.2, 0) is 10.0 Å². The number of para-hydroxylation sites is 1. The van der Waals surface area contributed by atoms with Crippen molar-refractivity contribution in [2.45, 2.75) is 17.4 Å². The molecule has 35 heavy (non-hydrogen) atoms. The summed E-state index contributed by atoms with van der Waals surface area (Å²) in [4.78, 5) is 11.2. The summed E-state index contributed by atoms with van der Waals surface area (Å²) in [6.07, 6.45) is 2.72. The summed E-state index contributed by atoms with van der Waals surface area (Å²) >= 11 is 3.42. The first-order valence-corrected chi connectivity index (χ1v) is 13.2. The van der Waals surface area contributed by atoms with Crippen molar-refractivity contribution in [2.75, 3.05) is 44.9 Å². The van der Waals surface area contributed by atoms with Crippen molar-refractivity contribution >= 4 is 49.1 Å². The molecule has 0 bridgehead atoms. The molecule has 2 aromatic carbocycles. The normalized spacial score (nSPS) is 16.2. The van der Waals surface area contributed by atoms with Crippen LogP contribution in [0.1, 0.15) is 6.42 Å².